The quantitative estimate of drug-likeness (QED) is 0.771. The summed E-state index contributed by atoms with van der Waals surface area (Å²) >= 11 is 1.61. The Morgan fingerprint density at radius 2 is 2.47 bits per heavy atom. The number of likely N-dealkylation sites (tertiary alicyclic amines) is 1. The summed E-state index contributed by atoms with van der Waals surface area (Å²) in [5.74, 6) is 1.61. The molecule has 6 heteroatoms. The molecule has 0 radical (unpaired) electrons. The predicted octanol–water partition coefficient (Wildman–Crippen LogP) is 1.72. The third-order valence-corrected chi connectivity index (χ3v) is 3.51. The van der Waals surface area contributed by atoms with Crippen LogP contribution >= 0.6 is 11.3 Å². The average molecular weight is 246 g/mol. The van der Waals surface area contributed by atoms with Crippen LogP contribution in [0.4, 0.5) is 0 Å². The van der Waals surface area contributed by atoms with Gasteiger partial charge in [0, 0.05) is 24.0 Å². The Hall–Kier alpha value is -1.71. The van der Waals surface area contributed by atoms with Crippen molar-refractivity contribution in [3.05, 3.63) is 22.7 Å². The van der Waals surface area contributed by atoms with Gasteiger partial charge < -0.3 is 4.52 Å². The smallest absolute Gasteiger partial charge is 0.232 e. The van der Waals surface area contributed by atoms with Crippen LogP contribution in [0, 0.1) is 11.3 Å². The van der Waals surface area contributed by atoms with Gasteiger partial charge in [-0.3, -0.25) is 4.90 Å². The van der Waals surface area contributed by atoms with Gasteiger partial charge in [-0.05, 0) is 11.4 Å². The first-order chi connectivity index (χ1) is 8.36. The van der Waals surface area contributed by atoms with Crippen molar-refractivity contribution in [2.75, 3.05) is 19.6 Å². The molecule has 1 fully saturated rings. The van der Waals surface area contributed by atoms with Crippen molar-refractivity contribution in [2.45, 2.75) is 5.92 Å². The van der Waals surface area contributed by atoms with Gasteiger partial charge in [0.05, 0.1) is 18.5 Å². The molecule has 0 unspecified atom stereocenters. The van der Waals surface area contributed by atoms with Crippen LogP contribution in [0.1, 0.15) is 11.8 Å². The molecule has 1 aliphatic rings. The minimum absolute atomic E-state index is 0.281. The van der Waals surface area contributed by atoms with E-state index in [0.717, 1.165) is 18.7 Å². The second-order valence-electron chi connectivity index (χ2n) is 4.02. The Bertz CT molecular complexity index is 536. The highest BCUT2D eigenvalue weighted by Gasteiger charge is 2.32. The van der Waals surface area contributed by atoms with Crippen molar-refractivity contribution in [3.63, 3.8) is 0 Å². The zero-order chi connectivity index (χ0) is 11.7. The highest BCUT2D eigenvalue weighted by molar-refractivity contribution is 7.08. The summed E-state index contributed by atoms with van der Waals surface area (Å²) in [4.78, 5) is 6.44. The van der Waals surface area contributed by atoms with Gasteiger partial charge in [0.2, 0.25) is 11.7 Å². The molecule has 1 saturated heterocycles. The first-order valence-corrected chi connectivity index (χ1v) is 6.26. The summed E-state index contributed by atoms with van der Waals surface area (Å²) in [6.07, 6.45) is 0. The largest absolute Gasteiger partial charge is 0.339 e. The van der Waals surface area contributed by atoms with Gasteiger partial charge in [0.25, 0.3) is 0 Å². The van der Waals surface area contributed by atoms with Crippen molar-refractivity contribution in [1.29, 1.82) is 5.26 Å². The highest BCUT2D eigenvalue weighted by atomic mass is 32.1. The number of thiophene rings is 1. The lowest BCUT2D eigenvalue weighted by Crippen LogP contribution is -2.45. The van der Waals surface area contributed by atoms with Crippen LogP contribution < -0.4 is 0 Å². The van der Waals surface area contributed by atoms with E-state index in [1.165, 1.54) is 0 Å². The maximum atomic E-state index is 8.55. The molecular formula is C11H10N4OS. The monoisotopic (exact) mass is 246 g/mol. The first kappa shape index (κ1) is 10.4. The van der Waals surface area contributed by atoms with Crippen molar-refractivity contribution in [1.82, 2.24) is 15.0 Å². The molecule has 2 aromatic rings. The lowest BCUT2D eigenvalue weighted by Gasteiger charge is -2.34. The van der Waals surface area contributed by atoms with Crippen LogP contribution in [-0.4, -0.2) is 34.7 Å². The van der Waals surface area contributed by atoms with E-state index in [1.54, 1.807) is 11.3 Å². The van der Waals surface area contributed by atoms with E-state index in [-0.39, 0.29) is 5.92 Å². The summed E-state index contributed by atoms with van der Waals surface area (Å²) in [7, 11) is 0. The van der Waals surface area contributed by atoms with Crippen molar-refractivity contribution < 1.29 is 4.52 Å². The van der Waals surface area contributed by atoms with Crippen LogP contribution in [0.5, 0.6) is 0 Å². The number of aromatic nitrogens is 2. The lowest BCUT2D eigenvalue weighted by molar-refractivity contribution is 0.142. The number of hydrogen-bond acceptors (Lipinski definition) is 6. The molecule has 0 atom stereocenters. The summed E-state index contributed by atoms with van der Waals surface area (Å²) < 4.78 is 5.25. The van der Waals surface area contributed by atoms with Gasteiger partial charge in [-0.2, -0.15) is 21.6 Å². The van der Waals surface area contributed by atoms with Gasteiger partial charge in [0.1, 0.15) is 0 Å². The van der Waals surface area contributed by atoms with Crippen molar-refractivity contribution in [2.24, 2.45) is 0 Å². The molecule has 0 spiro atoms. The lowest BCUT2D eigenvalue weighted by atomic mass is 10.0. The fourth-order valence-corrected chi connectivity index (χ4v) is 2.50. The van der Waals surface area contributed by atoms with Crippen LogP contribution in [0.15, 0.2) is 21.3 Å². The first-order valence-electron chi connectivity index (χ1n) is 5.32. The van der Waals surface area contributed by atoms with Gasteiger partial charge in [-0.1, -0.05) is 5.16 Å². The van der Waals surface area contributed by atoms with Gasteiger partial charge >= 0.3 is 0 Å². The van der Waals surface area contributed by atoms with E-state index in [0.29, 0.717) is 18.3 Å². The van der Waals surface area contributed by atoms with E-state index in [4.69, 9.17) is 9.78 Å². The zero-order valence-electron chi connectivity index (χ0n) is 9.04. The van der Waals surface area contributed by atoms with E-state index >= 15 is 0 Å². The average Bonchev–Trinajstić information content (AvgIpc) is 2.92. The Labute approximate surface area is 102 Å². The molecule has 0 N–H and O–H groups in total. The second-order valence-corrected chi connectivity index (χ2v) is 4.80. The summed E-state index contributed by atoms with van der Waals surface area (Å²) in [6, 6.07) is 4.10. The molecule has 0 aliphatic carbocycles. The molecule has 0 saturated carbocycles. The van der Waals surface area contributed by atoms with Crippen LogP contribution in [0.25, 0.3) is 11.4 Å². The van der Waals surface area contributed by atoms with E-state index < -0.39 is 0 Å². The molecule has 0 bridgehead atoms. The van der Waals surface area contributed by atoms with Gasteiger partial charge in [-0.25, -0.2) is 0 Å². The van der Waals surface area contributed by atoms with Gasteiger partial charge in [-0.15, -0.1) is 0 Å². The molecular weight excluding hydrogens is 236 g/mol. The van der Waals surface area contributed by atoms with Crippen LogP contribution in [0.2, 0.25) is 0 Å². The number of rotatable bonds is 3. The molecule has 17 heavy (non-hydrogen) atoms. The van der Waals surface area contributed by atoms with Crippen LogP contribution in [-0.2, 0) is 0 Å². The molecule has 2 aromatic heterocycles. The summed E-state index contributed by atoms with van der Waals surface area (Å²) in [5, 5.41) is 16.5. The van der Waals surface area contributed by atoms with Gasteiger partial charge in [0.15, 0.2) is 0 Å². The molecule has 5 nitrogen and oxygen atoms in total. The Morgan fingerprint density at radius 1 is 1.59 bits per heavy atom. The second kappa shape index (κ2) is 4.28. The summed E-state index contributed by atoms with van der Waals surface area (Å²) in [5.41, 5.74) is 0.998. The minimum atomic E-state index is 0.281. The molecule has 1 aliphatic heterocycles. The Kier molecular flexibility index (Phi) is 2.63. The number of nitrogens with zero attached hydrogens (tertiary/aromatic N) is 4. The maximum absolute atomic E-state index is 8.55. The zero-order valence-corrected chi connectivity index (χ0v) is 9.85. The third-order valence-electron chi connectivity index (χ3n) is 2.82. The molecule has 0 amide bonds. The van der Waals surface area contributed by atoms with E-state index in [2.05, 4.69) is 21.1 Å². The fraction of sp³-hybridized carbons (Fsp3) is 0.364. The Morgan fingerprint density at radius 3 is 3.18 bits per heavy atom. The normalized spacial score (nSPS) is 16.6. The summed E-state index contributed by atoms with van der Waals surface area (Å²) in [6.45, 7) is 2.14. The van der Waals surface area contributed by atoms with Crippen molar-refractivity contribution in [3.8, 4) is 17.5 Å². The molecule has 3 rings (SSSR count). The SMILES string of the molecule is N#CCN1CC(c2nc(-c3ccsc3)no2)C1. The number of nitriles is 1. The predicted molar refractivity (Wildman–Crippen MR) is 62.4 cm³/mol. The standard InChI is InChI=1S/C11H10N4OS/c12-2-3-15-5-9(6-15)11-13-10(14-16-11)8-1-4-17-7-8/h1,4,7,9H,3,5-6H2. The van der Waals surface area contributed by atoms with E-state index in [1.807, 2.05) is 16.8 Å². The highest BCUT2D eigenvalue weighted by Crippen LogP contribution is 2.27. The molecule has 0 aromatic carbocycles. The Balaban J connectivity index is 1.69. The third kappa shape index (κ3) is 1.95. The molecule has 3 heterocycles. The van der Waals surface area contributed by atoms with Crippen LogP contribution in [0.3, 0.4) is 0 Å². The maximum Gasteiger partial charge on any atom is 0.232 e. The number of hydrogen-bond donors (Lipinski definition) is 0. The van der Waals surface area contributed by atoms with E-state index in [9.17, 15) is 0 Å². The minimum Gasteiger partial charge on any atom is -0.339 e. The fourth-order valence-electron chi connectivity index (χ4n) is 1.87. The van der Waals surface area contributed by atoms with Crippen molar-refractivity contribution >= 4 is 11.3 Å². The topological polar surface area (TPSA) is 66.0 Å². The molecule has 86 valence electrons.